The molecule has 0 N–H and O–H groups in total. The molecule has 0 aliphatic carbocycles. The average Bonchev–Trinajstić information content (AvgIpc) is 3.14. The van der Waals surface area contributed by atoms with Crippen LogP contribution in [0.25, 0.3) is 22.0 Å². The summed E-state index contributed by atoms with van der Waals surface area (Å²) in [6, 6.07) is 19.4. The normalized spacial score (nSPS) is 14.5. The van der Waals surface area contributed by atoms with E-state index in [1.807, 2.05) is 36.0 Å². The van der Waals surface area contributed by atoms with E-state index in [-0.39, 0.29) is 16.7 Å². The minimum absolute atomic E-state index is 0.0782. The number of allylic oxidation sites excluding steroid dienone is 1. The van der Waals surface area contributed by atoms with Crippen molar-refractivity contribution in [2.75, 3.05) is 0 Å². The first-order chi connectivity index (χ1) is 15.4. The van der Waals surface area contributed by atoms with Crippen molar-refractivity contribution in [1.82, 2.24) is 9.78 Å². The quantitative estimate of drug-likeness (QED) is 0.281. The summed E-state index contributed by atoms with van der Waals surface area (Å²) < 4.78 is 8.28. The summed E-state index contributed by atoms with van der Waals surface area (Å²) in [5.74, 6) is 0.788. The Labute approximate surface area is 185 Å². The molecule has 6 heteroatoms. The Morgan fingerprint density at radius 1 is 1.09 bits per heavy atom. The van der Waals surface area contributed by atoms with Crippen LogP contribution in [0.3, 0.4) is 0 Å². The fourth-order valence-corrected chi connectivity index (χ4v) is 4.39. The number of hydrogen-bond acceptors (Lipinski definition) is 4. The number of non-ortho nitro benzene ring substituents is 1. The molecule has 32 heavy (non-hydrogen) atoms. The second kappa shape index (κ2) is 7.64. The van der Waals surface area contributed by atoms with Gasteiger partial charge in [0.25, 0.3) is 5.69 Å². The first kappa shape index (κ1) is 20.0. The Hall–Kier alpha value is -3.93. The molecule has 0 fully saturated rings. The highest BCUT2D eigenvalue weighted by Gasteiger charge is 2.24. The summed E-state index contributed by atoms with van der Waals surface area (Å²) in [5.41, 5.74) is 7.02. The van der Waals surface area contributed by atoms with Gasteiger partial charge in [-0.15, -0.1) is 0 Å². The third kappa shape index (κ3) is 3.24. The summed E-state index contributed by atoms with van der Waals surface area (Å²) >= 11 is 0. The van der Waals surface area contributed by atoms with Crippen LogP contribution in [-0.4, -0.2) is 14.7 Å². The van der Waals surface area contributed by atoms with Crippen molar-refractivity contribution in [2.24, 2.45) is 0 Å². The molecule has 0 atom stereocenters. The molecule has 6 nitrogen and oxygen atoms in total. The van der Waals surface area contributed by atoms with Crippen molar-refractivity contribution in [3.05, 3.63) is 99.2 Å². The number of hydrogen-bond donors (Lipinski definition) is 0. The van der Waals surface area contributed by atoms with Gasteiger partial charge in [-0.2, -0.15) is 5.10 Å². The van der Waals surface area contributed by atoms with Gasteiger partial charge < -0.3 is 4.74 Å². The average molecular weight is 425 g/mol. The van der Waals surface area contributed by atoms with Crippen molar-refractivity contribution in [3.63, 3.8) is 0 Å². The molecule has 0 amide bonds. The first-order valence-corrected chi connectivity index (χ1v) is 10.6. The van der Waals surface area contributed by atoms with E-state index < -0.39 is 0 Å². The minimum Gasteiger partial charge on any atom is -0.488 e. The lowest BCUT2D eigenvalue weighted by molar-refractivity contribution is -0.384. The lowest BCUT2D eigenvalue weighted by Crippen LogP contribution is -2.02. The van der Waals surface area contributed by atoms with Crippen molar-refractivity contribution in [1.29, 1.82) is 0 Å². The van der Waals surface area contributed by atoms with Crippen molar-refractivity contribution < 1.29 is 9.66 Å². The molecule has 0 saturated carbocycles. The van der Waals surface area contributed by atoms with Crippen LogP contribution >= 0.6 is 0 Å². The smallest absolute Gasteiger partial charge is 0.270 e. The zero-order chi connectivity index (χ0) is 22.4. The Morgan fingerprint density at radius 2 is 1.91 bits per heavy atom. The summed E-state index contributed by atoms with van der Waals surface area (Å²) in [6.07, 6.45) is 1.88. The van der Waals surface area contributed by atoms with E-state index in [0.717, 1.165) is 50.1 Å². The van der Waals surface area contributed by atoms with E-state index in [2.05, 4.69) is 43.2 Å². The largest absolute Gasteiger partial charge is 0.488 e. The number of ether oxygens (including phenoxy) is 1. The van der Waals surface area contributed by atoms with Crippen molar-refractivity contribution >= 4 is 27.7 Å². The second-order valence-corrected chi connectivity index (χ2v) is 8.34. The van der Waals surface area contributed by atoms with E-state index in [9.17, 15) is 10.1 Å². The van der Waals surface area contributed by atoms with E-state index in [0.29, 0.717) is 6.61 Å². The standard InChI is InChI=1S/C26H23N3O3/c1-16(2)28-24-13-25-23(12-20(24)14-27-28)26(22-10-5-4-7-19(22)15-32-25)17(3)18-8-6-9-21(11-18)29(30)31/h4-14,16H,15H2,1-3H3/b26-17+. The van der Waals surface area contributed by atoms with E-state index in [1.54, 1.807) is 12.1 Å². The number of rotatable bonds is 3. The maximum absolute atomic E-state index is 11.4. The lowest BCUT2D eigenvalue weighted by atomic mass is 9.87. The fraction of sp³-hybridized carbons (Fsp3) is 0.192. The molecule has 1 aromatic heterocycles. The molecule has 0 bridgehead atoms. The number of nitro benzene ring substituents is 1. The molecule has 0 radical (unpaired) electrons. The number of nitro groups is 1. The van der Waals surface area contributed by atoms with E-state index >= 15 is 0 Å². The molecule has 160 valence electrons. The maximum Gasteiger partial charge on any atom is 0.270 e. The van der Waals surface area contributed by atoms with Crippen LogP contribution in [0.15, 0.2) is 66.9 Å². The van der Waals surface area contributed by atoms with Crippen LogP contribution in [0.5, 0.6) is 5.75 Å². The molecule has 1 aliphatic rings. The summed E-state index contributed by atoms with van der Waals surface area (Å²) in [4.78, 5) is 11.0. The molecular formula is C26H23N3O3. The second-order valence-electron chi connectivity index (χ2n) is 8.34. The Balaban J connectivity index is 1.82. The van der Waals surface area contributed by atoms with Gasteiger partial charge in [0.2, 0.25) is 0 Å². The Bertz CT molecular complexity index is 1400. The number of aromatic nitrogens is 2. The summed E-state index contributed by atoms with van der Waals surface area (Å²) in [7, 11) is 0. The van der Waals surface area contributed by atoms with E-state index in [4.69, 9.17) is 4.74 Å². The third-order valence-electron chi connectivity index (χ3n) is 5.99. The predicted molar refractivity (Wildman–Crippen MR) is 126 cm³/mol. The number of fused-ring (bicyclic) bond motifs is 3. The fourth-order valence-electron chi connectivity index (χ4n) is 4.39. The molecule has 5 rings (SSSR count). The number of benzene rings is 3. The molecule has 2 heterocycles. The minimum atomic E-state index is -0.358. The van der Waals surface area contributed by atoms with Gasteiger partial charge in [0.15, 0.2) is 0 Å². The highest BCUT2D eigenvalue weighted by molar-refractivity contribution is 6.02. The highest BCUT2D eigenvalue weighted by atomic mass is 16.6. The Kier molecular flexibility index (Phi) is 4.78. The van der Waals surface area contributed by atoms with Crippen LogP contribution in [0, 0.1) is 10.1 Å². The SMILES string of the molecule is C/C(=C1/c2ccccc2COc2cc3c(cnn3C(C)C)cc21)c1cccc([N+](=O)[O-])c1. The molecule has 0 unspecified atom stereocenters. The van der Waals surface area contributed by atoms with Crippen molar-refractivity contribution in [3.8, 4) is 5.75 Å². The van der Waals surface area contributed by atoms with Crippen LogP contribution in [-0.2, 0) is 6.61 Å². The number of nitrogens with zero attached hydrogens (tertiary/aromatic N) is 3. The van der Waals surface area contributed by atoms with Crippen molar-refractivity contribution in [2.45, 2.75) is 33.4 Å². The first-order valence-electron chi connectivity index (χ1n) is 10.6. The van der Waals surface area contributed by atoms with E-state index in [1.165, 1.54) is 6.07 Å². The summed E-state index contributed by atoms with van der Waals surface area (Å²) in [6.45, 7) is 6.68. The molecule has 1 aliphatic heterocycles. The monoisotopic (exact) mass is 425 g/mol. The highest BCUT2D eigenvalue weighted by Crippen LogP contribution is 2.43. The van der Waals surface area contributed by atoms with Gasteiger partial charge in [-0.1, -0.05) is 36.4 Å². The third-order valence-corrected chi connectivity index (χ3v) is 5.99. The van der Waals surface area contributed by atoms with Crippen LogP contribution in [0.4, 0.5) is 5.69 Å². The van der Waals surface area contributed by atoms with Gasteiger partial charge in [0.05, 0.1) is 16.6 Å². The van der Waals surface area contributed by atoms with Gasteiger partial charge in [0, 0.05) is 35.2 Å². The van der Waals surface area contributed by atoms with Gasteiger partial charge in [0.1, 0.15) is 12.4 Å². The molecule has 4 aromatic rings. The van der Waals surface area contributed by atoms with Crippen LogP contribution in [0.1, 0.15) is 49.1 Å². The van der Waals surface area contributed by atoms with Crippen LogP contribution in [0.2, 0.25) is 0 Å². The van der Waals surface area contributed by atoms with Crippen LogP contribution < -0.4 is 4.74 Å². The summed E-state index contributed by atoms with van der Waals surface area (Å²) in [5, 5.41) is 17.0. The lowest BCUT2D eigenvalue weighted by Gasteiger charge is -2.16. The Morgan fingerprint density at radius 3 is 2.69 bits per heavy atom. The predicted octanol–water partition coefficient (Wildman–Crippen LogP) is 6.40. The molecule has 0 saturated heterocycles. The maximum atomic E-state index is 11.4. The van der Waals surface area contributed by atoms with Gasteiger partial charge >= 0.3 is 0 Å². The van der Waals surface area contributed by atoms with Gasteiger partial charge in [-0.3, -0.25) is 14.8 Å². The van der Waals surface area contributed by atoms with Gasteiger partial charge in [-0.25, -0.2) is 0 Å². The molecular weight excluding hydrogens is 402 g/mol. The molecule has 0 spiro atoms. The topological polar surface area (TPSA) is 70.2 Å². The zero-order valence-corrected chi connectivity index (χ0v) is 18.2. The molecule has 3 aromatic carbocycles. The zero-order valence-electron chi connectivity index (χ0n) is 18.2. The van der Waals surface area contributed by atoms with Gasteiger partial charge in [-0.05, 0) is 54.7 Å².